The molecule has 35 heavy (non-hydrogen) atoms. The standard InChI is InChI=1S/C28H31BrN2O4/c1-19(28(33)30-22-8-4-5-9-22)31(17-20-11-14-23(34-2)15-12-20)26(32)18-35-25-16-13-21-7-3-6-10-24(21)27(25)29/h3,6-7,10-16,19,22H,4-5,8-9,17-18H2,1-2H3,(H,30,33)/t19-/m1/s1. The van der Waals surface area contributed by atoms with Gasteiger partial charge in [0.05, 0.1) is 11.6 Å². The minimum absolute atomic E-state index is 0.134. The Balaban J connectivity index is 1.50. The zero-order chi connectivity index (χ0) is 24.8. The van der Waals surface area contributed by atoms with Crippen LogP contribution < -0.4 is 14.8 Å². The van der Waals surface area contributed by atoms with E-state index in [1.54, 1.807) is 18.9 Å². The van der Waals surface area contributed by atoms with Crippen molar-refractivity contribution in [3.8, 4) is 11.5 Å². The van der Waals surface area contributed by atoms with Crippen molar-refractivity contribution >= 4 is 38.5 Å². The maximum atomic E-state index is 13.4. The van der Waals surface area contributed by atoms with Crippen LogP contribution in [-0.2, 0) is 16.1 Å². The van der Waals surface area contributed by atoms with Gasteiger partial charge in [-0.1, -0.05) is 55.3 Å². The monoisotopic (exact) mass is 538 g/mol. The highest BCUT2D eigenvalue weighted by Gasteiger charge is 2.29. The van der Waals surface area contributed by atoms with Crippen molar-refractivity contribution in [2.45, 2.75) is 51.2 Å². The van der Waals surface area contributed by atoms with Gasteiger partial charge >= 0.3 is 0 Å². The summed E-state index contributed by atoms with van der Waals surface area (Å²) >= 11 is 3.61. The molecule has 4 rings (SSSR count). The number of halogens is 1. The molecule has 1 fully saturated rings. The molecule has 1 atom stereocenters. The quantitative estimate of drug-likeness (QED) is 0.392. The third kappa shape index (κ3) is 6.14. The number of carbonyl (C=O) groups is 2. The number of ether oxygens (including phenoxy) is 2. The van der Waals surface area contributed by atoms with E-state index in [2.05, 4.69) is 21.2 Å². The first-order chi connectivity index (χ1) is 17.0. The van der Waals surface area contributed by atoms with Gasteiger partial charge < -0.3 is 19.7 Å². The van der Waals surface area contributed by atoms with Crippen LogP contribution in [0.15, 0.2) is 65.1 Å². The summed E-state index contributed by atoms with van der Waals surface area (Å²) in [5.41, 5.74) is 0.909. The number of fused-ring (bicyclic) bond motifs is 1. The van der Waals surface area contributed by atoms with Crippen LogP contribution >= 0.6 is 15.9 Å². The zero-order valence-electron chi connectivity index (χ0n) is 20.1. The summed E-state index contributed by atoms with van der Waals surface area (Å²) < 4.78 is 12.0. The Morgan fingerprint density at radius 1 is 1.06 bits per heavy atom. The van der Waals surface area contributed by atoms with E-state index in [4.69, 9.17) is 9.47 Å². The molecule has 0 heterocycles. The van der Waals surface area contributed by atoms with Crippen molar-refractivity contribution in [3.05, 3.63) is 70.7 Å². The summed E-state index contributed by atoms with van der Waals surface area (Å²) in [6.07, 6.45) is 4.23. The summed E-state index contributed by atoms with van der Waals surface area (Å²) in [4.78, 5) is 28.0. The third-order valence-electron chi connectivity index (χ3n) is 6.56. The van der Waals surface area contributed by atoms with E-state index in [9.17, 15) is 9.59 Å². The van der Waals surface area contributed by atoms with Crippen LogP contribution in [0.25, 0.3) is 10.8 Å². The number of benzene rings is 3. The Hall–Kier alpha value is -3.06. The molecule has 0 radical (unpaired) electrons. The normalized spacial score (nSPS) is 14.5. The number of hydrogen-bond donors (Lipinski definition) is 1. The van der Waals surface area contributed by atoms with Crippen molar-refractivity contribution < 1.29 is 19.1 Å². The Kier molecular flexibility index (Phi) is 8.29. The lowest BCUT2D eigenvalue weighted by atomic mass is 10.1. The average molecular weight is 539 g/mol. The second kappa shape index (κ2) is 11.6. The number of carbonyl (C=O) groups excluding carboxylic acids is 2. The van der Waals surface area contributed by atoms with E-state index in [1.165, 1.54) is 0 Å². The fourth-order valence-corrected chi connectivity index (χ4v) is 5.06. The topological polar surface area (TPSA) is 67.9 Å². The molecule has 184 valence electrons. The maximum absolute atomic E-state index is 13.4. The second-order valence-corrected chi connectivity index (χ2v) is 9.72. The van der Waals surface area contributed by atoms with E-state index in [0.717, 1.165) is 52.2 Å². The number of nitrogens with zero attached hydrogens (tertiary/aromatic N) is 1. The highest BCUT2D eigenvalue weighted by molar-refractivity contribution is 9.10. The first kappa shape index (κ1) is 25.0. The molecule has 1 saturated carbocycles. The molecule has 0 aliphatic heterocycles. The number of amides is 2. The van der Waals surface area contributed by atoms with E-state index < -0.39 is 6.04 Å². The second-order valence-electron chi connectivity index (χ2n) is 8.92. The van der Waals surface area contributed by atoms with Crippen molar-refractivity contribution in [2.24, 2.45) is 0 Å². The van der Waals surface area contributed by atoms with Gasteiger partial charge in [0.1, 0.15) is 17.5 Å². The van der Waals surface area contributed by atoms with Crippen LogP contribution in [0.5, 0.6) is 11.5 Å². The molecule has 2 amide bonds. The van der Waals surface area contributed by atoms with Gasteiger partial charge in [-0.3, -0.25) is 9.59 Å². The van der Waals surface area contributed by atoms with Crippen molar-refractivity contribution in [1.29, 1.82) is 0 Å². The van der Waals surface area contributed by atoms with Crippen LogP contribution in [0, 0.1) is 0 Å². The molecule has 0 aromatic heterocycles. The lowest BCUT2D eigenvalue weighted by molar-refractivity contribution is -0.142. The largest absolute Gasteiger partial charge is 0.497 e. The summed E-state index contributed by atoms with van der Waals surface area (Å²) in [5, 5.41) is 5.21. The molecule has 1 aliphatic carbocycles. The van der Waals surface area contributed by atoms with Crippen molar-refractivity contribution in [3.63, 3.8) is 0 Å². The van der Waals surface area contributed by atoms with Gasteiger partial charge in [-0.05, 0) is 70.2 Å². The molecular formula is C28H31BrN2O4. The summed E-state index contributed by atoms with van der Waals surface area (Å²) in [5.74, 6) is 0.938. The van der Waals surface area contributed by atoms with Crippen LogP contribution in [0.3, 0.4) is 0 Å². The van der Waals surface area contributed by atoms with Gasteiger partial charge in [0.25, 0.3) is 5.91 Å². The van der Waals surface area contributed by atoms with Crippen molar-refractivity contribution in [1.82, 2.24) is 10.2 Å². The summed E-state index contributed by atoms with van der Waals surface area (Å²) in [7, 11) is 1.61. The first-order valence-corrected chi connectivity index (χ1v) is 12.8. The van der Waals surface area contributed by atoms with Crippen LogP contribution in [0.4, 0.5) is 0 Å². The van der Waals surface area contributed by atoms with E-state index >= 15 is 0 Å². The number of rotatable bonds is 9. The van der Waals surface area contributed by atoms with Gasteiger partial charge in [-0.2, -0.15) is 0 Å². The number of methoxy groups -OCH3 is 1. The minimum atomic E-state index is -0.631. The molecular weight excluding hydrogens is 508 g/mol. The molecule has 6 nitrogen and oxygen atoms in total. The SMILES string of the molecule is COc1ccc(CN(C(=O)COc2ccc3ccccc3c2Br)[C@H](C)C(=O)NC2CCCC2)cc1. The van der Waals surface area contributed by atoms with Gasteiger partial charge in [0.15, 0.2) is 6.61 Å². The Bertz CT molecular complexity index is 1180. The highest BCUT2D eigenvalue weighted by atomic mass is 79.9. The molecule has 3 aromatic carbocycles. The predicted molar refractivity (Wildman–Crippen MR) is 141 cm³/mol. The number of nitrogens with one attached hydrogen (secondary N) is 1. The fraction of sp³-hybridized carbons (Fsp3) is 0.357. The van der Waals surface area contributed by atoms with Gasteiger partial charge in [-0.25, -0.2) is 0 Å². The van der Waals surface area contributed by atoms with Crippen LogP contribution in [-0.4, -0.2) is 42.5 Å². The molecule has 0 unspecified atom stereocenters. The summed E-state index contributed by atoms with van der Waals surface area (Å²) in [6, 6.07) is 18.8. The van der Waals surface area contributed by atoms with Crippen molar-refractivity contribution in [2.75, 3.05) is 13.7 Å². The molecule has 0 bridgehead atoms. The predicted octanol–water partition coefficient (Wildman–Crippen LogP) is 5.47. The van der Waals surface area contributed by atoms with Gasteiger partial charge in [0.2, 0.25) is 5.91 Å². The Labute approximate surface area is 214 Å². The average Bonchev–Trinajstić information content (AvgIpc) is 3.40. The number of hydrogen-bond acceptors (Lipinski definition) is 4. The zero-order valence-corrected chi connectivity index (χ0v) is 21.7. The molecule has 1 aliphatic rings. The minimum Gasteiger partial charge on any atom is -0.497 e. The summed E-state index contributed by atoms with van der Waals surface area (Å²) in [6.45, 7) is 1.90. The van der Waals surface area contributed by atoms with Gasteiger partial charge in [0, 0.05) is 12.6 Å². The molecule has 7 heteroatoms. The Morgan fingerprint density at radius 2 is 1.77 bits per heavy atom. The van der Waals surface area contributed by atoms with E-state index in [0.29, 0.717) is 12.3 Å². The lowest BCUT2D eigenvalue weighted by Crippen LogP contribution is -2.50. The van der Waals surface area contributed by atoms with Gasteiger partial charge in [-0.15, -0.1) is 0 Å². The van der Waals surface area contributed by atoms with E-state index in [-0.39, 0.29) is 24.5 Å². The molecule has 3 aromatic rings. The molecule has 1 N–H and O–H groups in total. The van der Waals surface area contributed by atoms with Crippen LogP contribution in [0.2, 0.25) is 0 Å². The molecule has 0 saturated heterocycles. The maximum Gasteiger partial charge on any atom is 0.261 e. The first-order valence-electron chi connectivity index (χ1n) is 12.0. The smallest absolute Gasteiger partial charge is 0.261 e. The fourth-order valence-electron chi connectivity index (χ4n) is 4.45. The molecule has 0 spiro atoms. The third-order valence-corrected chi connectivity index (χ3v) is 7.38. The van der Waals surface area contributed by atoms with Crippen LogP contribution in [0.1, 0.15) is 38.2 Å². The highest BCUT2D eigenvalue weighted by Crippen LogP contribution is 2.33. The lowest BCUT2D eigenvalue weighted by Gasteiger charge is -2.29. The Morgan fingerprint density at radius 3 is 2.49 bits per heavy atom. The van der Waals surface area contributed by atoms with E-state index in [1.807, 2.05) is 60.7 Å².